The number of nitrogens with one attached hydrogen (secondary N) is 1. The molecule has 1 aliphatic heterocycles. The average molecular weight is 324 g/mol. The Morgan fingerprint density at radius 3 is 2.88 bits per heavy atom. The molecule has 0 saturated heterocycles. The quantitative estimate of drug-likeness (QED) is 0.782. The van der Waals surface area contributed by atoms with E-state index in [1.54, 1.807) is 0 Å². The maximum absolute atomic E-state index is 12.8. The van der Waals surface area contributed by atoms with E-state index in [1.807, 2.05) is 25.7 Å². The van der Waals surface area contributed by atoms with Gasteiger partial charge in [0.05, 0.1) is 6.04 Å². The van der Waals surface area contributed by atoms with Crippen LogP contribution in [0.1, 0.15) is 38.8 Å². The highest BCUT2D eigenvalue weighted by Crippen LogP contribution is 2.41. The molecule has 126 valence electrons. The third kappa shape index (κ3) is 2.41. The van der Waals surface area contributed by atoms with Crippen LogP contribution in [-0.2, 0) is 11.2 Å². The Morgan fingerprint density at radius 1 is 1.33 bits per heavy atom. The predicted molar refractivity (Wildman–Crippen MR) is 95.9 cm³/mol. The lowest BCUT2D eigenvalue weighted by atomic mass is 9.80. The zero-order valence-electron chi connectivity index (χ0n) is 14.7. The molecule has 0 radical (unpaired) electrons. The van der Waals surface area contributed by atoms with Gasteiger partial charge in [-0.2, -0.15) is 0 Å². The number of H-pyrrole nitrogens is 1. The number of aromatic amines is 1. The number of carbonyl (C=O) groups excluding carboxylic acids is 1. The van der Waals surface area contributed by atoms with Crippen molar-refractivity contribution in [3.8, 4) is 0 Å². The second-order valence-corrected chi connectivity index (χ2v) is 7.99. The molecule has 24 heavy (non-hydrogen) atoms. The molecule has 1 amide bonds. The molecule has 4 rings (SSSR count). The standard InChI is InChI=1S/C20H24N2O2/c1-12-8-15-14-6-5-7-16-18(14)13(10-21-16)9-17(15)22(11-12)19(23)24-20(2,3)4/h5-8,10,12,17,21H,9,11H2,1-4H3. The minimum atomic E-state index is -0.477. The van der Waals surface area contributed by atoms with Gasteiger partial charge >= 0.3 is 6.09 Å². The summed E-state index contributed by atoms with van der Waals surface area (Å²) in [5, 5.41) is 1.30. The van der Waals surface area contributed by atoms with Crippen molar-refractivity contribution in [2.24, 2.45) is 5.92 Å². The normalized spacial score (nSPS) is 23.0. The Hall–Kier alpha value is -2.23. The highest BCUT2D eigenvalue weighted by molar-refractivity contribution is 5.99. The topological polar surface area (TPSA) is 45.3 Å². The monoisotopic (exact) mass is 324 g/mol. The molecule has 0 fully saturated rings. The lowest BCUT2D eigenvalue weighted by Crippen LogP contribution is -2.49. The highest BCUT2D eigenvalue weighted by Gasteiger charge is 2.38. The van der Waals surface area contributed by atoms with Gasteiger partial charge in [-0.1, -0.05) is 25.1 Å². The molecular weight excluding hydrogens is 300 g/mol. The van der Waals surface area contributed by atoms with Gasteiger partial charge in [0.2, 0.25) is 0 Å². The Balaban J connectivity index is 1.77. The summed E-state index contributed by atoms with van der Waals surface area (Å²) in [6.45, 7) is 8.62. The lowest BCUT2D eigenvalue weighted by molar-refractivity contribution is 0.0176. The van der Waals surface area contributed by atoms with Crippen molar-refractivity contribution in [2.45, 2.75) is 45.8 Å². The number of carbonyl (C=O) groups is 1. The van der Waals surface area contributed by atoms with Gasteiger partial charge in [-0.3, -0.25) is 0 Å². The first-order valence-corrected chi connectivity index (χ1v) is 8.64. The van der Waals surface area contributed by atoms with Gasteiger partial charge < -0.3 is 14.6 Å². The zero-order chi connectivity index (χ0) is 17.1. The summed E-state index contributed by atoms with van der Waals surface area (Å²) in [5.41, 5.74) is 4.49. The van der Waals surface area contributed by atoms with Gasteiger partial charge in [-0.15, -0.1) is 0 Å². The van der Waals surface area contributed by atoms with Crippen LogP contribution in [-0.4, -0.2) is 34.2 Å². The third-order valence-electron chi connectivity index (χ3n) is 4.82. The van der Waals surface area contributed by atoms with Crippen LogP contribution in [0.25, 0.3) is 16.5 Å². The van der Waals surface area contributed by atoms with Crippen molar-refractivity contribution >= 4 is 22.6 Å². The minimum Gasteiger partial charge on any atom is -0.444 e. The molecule has 2 atom stereocenters. The highest BCUT2D eigenvalue weighted by atomic mass is 16.6. The van der Waals surface area contributed by atoms with Crippen LogP contribution in [0.4, 0.5) is 4.79 Å². The average Bonchev–Trinajstić information content (AvgIpc) is 2.90. The molecule has 1 aromatic carbocycles. The molecule has 2 unspecified atom stereocenters. The molecule has 4 heteroatoms. The Morgan fingerprint density at radius 2 is 2.12 bits per heavy atom. The van der Waals surface area contributed by atoms with Crippen LogP contribution >= 0.6 is 0 Å². The van der Waals surface area contributed by atoms with Crippen molar-refractivity contribution < 1.29 is 9.53 Å². The summed E-state index contributed by atoms with van der Waals surface area (Å²) >= 11 is 0. The van der Waals surface area contributed by atoms with Crippen LogP contribution in [0, 0.1) is 5.92 Å². The van der Waals surface area contributed by atoms with Crippen molar-refractivity contribution in [3.05, 3.63) is 41.6 Å². The van der Waals surface area contributed by atoms with E-state index in [2.05, 4.69) is 42.4 Å². The molecule has 2 heterocycles. The number of benzene rings is 1. The van der Waals surface area contributed by atoms with Crippen LogP contribution in [0.5, 0.6) is 0 Å². The first-order chi connectivity index (χ1) is 11.3. The van der Waals surface area contributed by atoms with Crippen molar-refractivity contribution in [1.29, 1.82) is 0 Å². The summed E-state index contributed by atoms with van der Waals surface area (Å²) in [6.07, 6.45) is 5.04. The van der Waals surface area contributed by atoms with E-state index < -0.39 is 5.60 Å². The Kier molecular flexibility index (Phi) is 3.27. The van der Waals surface area contributed by atoms with Gasteiger partial charge in [-0.25, -0.2) is 4.79 Å². The zero-order valence-corrected chi connectivity index (χ0v) is 14.7. The maximum atomic E-state index is 12.8. The van der Waals surface area contributed by atoms with Crippen molar-refractivity contribution in [1.82, 2.24) is 9.88 Å². The first-order valence-electron chi connectivity index (χ1n) is 8.64. The number of fused-ring (bicyclic) bond motifs is 2. The Labute approximate surface area is 142 Å². The summed E-state index contributed by atoms with van der Waals surface area (Å²) < 4.78 is 5.67. The summed E-state index contributed by atoms with van der Waals surface area (Å²) in [7, 11) is 0. The number of nitrogens with zero attached hydrogens (tertiary/aromatic N) is 1. The Bertz CT molecular complexity index is 841. The van der Waals surface area contributed by atoms with Crippen molar-refractivity contribution in [2.75, 3.05) is 6.54 Å². The van der Waals surface area contributed by atoms with E-state index >= 15 is 0 Å². The molecule has 2 aromatic rings. The van der Waals surface area contributed by atoms with E-state index in [0.717, 1.165) is 6.42 Å². The second kappa shape index (κ2) is 5.13. The van der Waals surface area contributed by atoms with Crippen LogP contribution in [0.15, 0.2) is 30.5 Å². The fourth-order valence-electron chi connectivity index (χ4n) is 3.95. The number of ether oxygens (including phenoxy) is 1. The first kappa shape index (κ1) is 15.3. The molecule has 0 saturated carbocycles. The number of hydrogen-bond donors (Lipinski definition) is 1. The van der Waals surface area contributed by atoms with Gasteiger partial charge in [-0.05, 0) is 55.9 Å². The van der Waals surface area contributed by atoms with E-state index in [0.29, 0.717) is 12.5 Å². The molecule has 1 aromatic heterocycles. The third-order valence-corrected chi connectivity index (χ3v) is 4.82. The number of amides is 1. The van der Waals surface area contributed by atoms with E-state index in [4.69, 9.17) is 4.74 Å². The molecule has 1 aliphatic carbocycles. The number of hydrogen-bond acceptors (Lipinski definition) is 2. The lowest BCUT2D eigenvalue weighted by Gasteiger charge is -2.41. The van der Waals surface area contributed by atoms with Gasteiger partial charge in [0.15, 0.2) is 0 Å². The molecular formula is C20H24N2O2. The van der Waals surface area contributed by atoms with Gasteiger partial charge in [0.1, 0.15) is 5.60 Å². The van der Waals surface area contributed by atoms with E-state index in [-0.39, 0.29) is 12.1 Å². The fraction of sp³-hybridized carbons (Fsp3) is 0.450. The maximum Gasteiger partial charge on any atom is 0.410 e. The minimum absolute atomic E-state index is 0.0601. The molecule has 4 nitrogen and oxygen atoms in total. The number of rotatable bonds is 0. The molecule has 0 bridgehead atoms. The molecule has 2 aliphatic rings. The predicted octanol–water partition coefficient (Wildman–Crippen LogP) is 4.36. The van der Waals surface area contributed by atoms with Crippen LogP contribution in [0.3, 0.4) is 0 Å². The van der Waals surface area contributed by atoms with Crippen LogP contribution in [0.2, 0.25) is 0 Å². The second-order valence-electron chi connectivity index (χ2n) is 7.99. The smallest absolute Gasteiger partial charge is 0.410 e. The SMILES string of the molecule is CC1C=C2c3cccc4[nH]cc(c34)CC2N(C(=O)OC(C)(C)C)C1. The summed E-state index contributed by atoms with van der Waals surface area (Å²) in [4.78, 5) is 18.1. The van der Waals surface area contributed by atoms with Crippen LogP contribution < -0.4 is 0 Å². The summed E-state index contributed by atoms with van der Waals surface area (Å²) in [5.74, 6) is 0.319. The molecule has 1 N–H and O–H groups in total. The fourth-order valence-corrected chi connectivity index (χ4v) is 3.95. The molecule has 0 spiro atoms. The van der Waals surface area contributed by atoms with Crippen molar-refractivity contribution in [3.63, 3.8) is 0 Å². The summed E-state index contributed by atoms with van der Waals surface area (Å²) in [6, 6.07) is 6.42. The van der Waals surface area contributed by atoms with Gasteiger partial charge in [0.25, 0.3) is 0 Å². The number of aromatic nitrogens is 1. The van der Waals surface area contributed by atoms with E-state index in [1.165, 1.54) is 27.6 Å². The van der Waals surface area contributed by atoms with E-state index in [9.17, 15) is 4.79 Å². The van der Waals surface area contributed by atoms with Gasteiger partial charge in [0, 0.05) is 23.6 Å². The largest absolute Gasteiger partial charge is 0.444 e.